The van der Waals surface area contributed by atoms with Crippen molar-refractivity contribution in [3.8, 4) is 0 Å². The molecule has 2 aromatic carbocycles. The van der Waals surface area contributed by atoms with Gasteiger partial charge in [-0.2, -0.15) is 0 Å². The van der Waals surface area contributed by atoms with Gasteiger partial charge in [0, 0.05) is 18.4 Å². The highest BCUT2D eigenvalue weighted by atomic mass is 35.5. The molecule has 2 aromatic rings. The number of carbonyl (C=O) groups excluding carboxylic acids is 2. The molecule has 9 heteroatoms. The minimum atomic E-state index is -0.220. The van der Waals surface area contributed by atoms with Crippen LogP contribution in [0.2, 0.25) is 10.0 Å². The maximum absolute atomic E-state index is 13.4. The molecule has 0 bridgehead atoms. The van der Waals surface area contributed by atoms with Gasteiger partial charge in [0.25, 0.3) is 0 Å². The number of fused-ring (bicyclic) bond motifs is 1. The van der Waals surface area contributed by atoms with E-state index >= 15 is 0 Å². The highest BCUT2D eigenvalue weighted by Gasteiger charge is 2.41. The first-order chi connectivity index (χ1) is 19.3. The average molecular weight is 579 g/mol. The second kappa shape index (κ2) is 12.4. The van der Waals surface area contributed by atoms with Crippen molar-refractivity contribution in [2.45, 2.75) is 50.5 Å². The number of aliphatic imine (C=N–C) groups is 2. The quantitative estimate of drug-likeness (QED) is 0.485. The third kappa shape index (κ3) is 6.65. The van der Waals surface area contributed by atoms with E-state index < -0.39 is 0 Å². The Bertz CT molecular complexity index is 1390. The highest BCUT2D eigenvalue weighted by Crippen LogP contribution is 2.39. The number of carbonyl (C=O) groups is 2. The number of hydrogen-bond donors (Lipinski definition) is 2. The van der Waals surface area contributed by atoms with Crippen LogP contribution in [-0.2, 0) is 22.4 Å². The third-order valence-corrected chi connectivity index (χ3v) is 8.21. The Balaban J connectivity index is 1.36. The topological polar surface area (TPSA) is 86.2 Å². The van der Waals surface area contributed by atoms with Gasteiger partial charge in [-0.25, -0.2) is 0 Å². The molecule has 2 aliphatic heterocycles. The molecule has 3 aliphatic rings. The molecule has 208 valence electrons. The summed E-state index contributed by atoms with van der Waals surface area (Å²) in [5.41, 5.74) is 3.81. The highest BCUT2D eigenvalue weighted by molar-refractivity contribution is 6.40. The number of nitrogens with one attached hydrogen (secondary N) is 2. The van der Waals surface area contributed by atoms with Crippen molar-refractivity contribution >= 4 is 52.8 Å². The summed E-state index contributed by atoms with van der Waals surface area (Å²) in [6.07, 6.45) is 11.5. The fourth-order valence-corrected chi connectivity index (χ4v) is 6.24. The van der Waals surface area contributed by atoms with E-state index in [9.17, 15) is 9.59 Å². The summed E-state index contributed by atoms with van der Waals surface area (Å²) in [5, 5.41) is 6.86. The molecule has 2 heterocycles. The smallest absolute Gasteiger partial charge is 0.243 e. The summed E-state index contributed by atoms with van der Waals surface area (Å²) in [5.74, 6) is 0.364. The molecule has 1 spiro atoms. The van der Waals surface area contributed by atoms with E-state index in [0.29, 0.717) is 40.1 Å². The Morgan fingerprint density at radius 2 is 1.85 bits per heavy atom. The fraction of sp³-hybridized carbons (Fsp3) is 0.355. The molecule has 0 atom stereocenters. The first kappa shape index (κ1) is 28.1. The van der Waals surface area contributed by atoms with E-state index in [1.54, 1.807) is 18.3 Å². The third-order valence-electron chi connectivity index (χ3n) is 7.58. The molecule has 40 heavy (non-hydrogen) atoms. The maximum atomic E-state index is 13.4. The summed E-state index contributed by atoms with van der Waals surface area (Å²) >= 11 is 13.2. The number of benzene rings is 2. The first-order valence-electron chi connectivity index (χ1n) is 13.6. The number of hydrogen-bond acceptors (Lipinski definition) is 5. The molecule has 2 N–H and O–H groups in total. The lowest BCUT2D eigenvalue weighted by molar-refractivity contribution is -0.120. The van der Waals surface area contributed by atoms with Crippen LogP contribution in [0.25, 0.3) is 0 Å². The molecule has 5 rings (SSSR count). The molecule has 0 radical (unpaired) electrons. The van der Waals surface area contributed by atoms with Crippen molar-refractivity contribution < 1.29 is 9.59 Å². The second-order valence-corrected chi connectivity index (χ2v) is 11.5. The zero-order valence-electron chi connectivity index (χ0n) is 22.4. The van der Waals surface area contributed by atoms with Crippen LogP contribution < -0.4 is 10.6 Å². The standard InChI is InChI=1S/C31H33Cl2N5O2/c1-21-7-6-14-34-20-35-27(39)17-23-16-24(11-10-22(23)15-21)36-28(40)18-38-19-31(12-3-2-4-13-31)37-30(38)29-25(32)8-5-9-26(29)33/h5-11,14,16H,1-4,12-13,15,17-20H2,(H,35,39)(H,36,40). The van der Waals surface area contributed by atoms with Crippen LogP contribution in [0.5, 0.6) is 0 Å². The monoisotopic (exact) mass is 577 g/mol. The fourth-order valence-electron chi connectivity index (χ4n) is 5.68. The zero-order valence-corrected chi connectivity index (χ0v) is 23.9. The lowest BCUT2D eigenvalue weighted by Crippen LogP contribution is -2.41. The van der Waals surface area contributed by atoms with E-state index in [-0.39, 0.29) is 37.0 Å². The average Bonchev–Trinajstić information content (AvgIpc) is 3.23. The van der Waals surface area contributed by atoms with Crippen molar-refractivity contribution in [1.29, 1.82) is 0 Å². The van der Waals surface area contributed by atoms with Gasteiger partial charge in [0.05, 0.1) is 34.1 Å². The summed E-state index contributed by atoms with van der Waals surface area (Å²) < 4.78 is 0. The number of allylic oxidation sites excluding steroid dienone is 3. The minimum absolute atomic E-state index is 0.110. The van der Waals surface area contributed by atoms with Gasteiger partial charge in [0.2, 0.25) is 11.8 Å². The van der Waals surface area contributed by atoms with E-state index in [1.165, 1.54) is 6.42 Å². The van der Waals surface area contributed by atoms with Crippen LogP contribution in [0.3, 0.4) is 0 Å². The predicted octanol–water partition coefficient (Wildman–Crippen LogP) is 5.75. The maximum Gasteiger partial charge on any atom is 0.243 e. The molecule has 0 saturated heterocycles. The Labute approximate surface area is 245 Å². The van der Waals surface area contributed by atoms with Crippen molar-refractivity contribution in [3.05, 3.63) is 87.4 Å². The number of halogens is 2. The molecule has 7 nitrogen and oxygen atoms in total. The molecular formula is C31H33Cl2N5O2. The number of amides is 2. The SMILES string of the molecule is C=C1C=CC=NCNC(=O)Cc2cc(NC(=O)CN3CC4(CCCCC4)N=C3c3c(Cl)cccc3Cl)ccc2C1. The molecule has 0 unspecified atom stereocenters. The van der Waals surface area contributed by atoms with Crippen LogP contribution in [0, 0.1) is 0 Å². The van der Waals surface area contributed by atoms with Crippen LogP contribution in [-0.4, -0.2) is 54.1 Å². The van der Waals surface area contributed by atoms with Crippen molar-refractivity contribution in [2.24, 2.45) is 9.98 Å². The van der Waals surface area contributed by atoms with Gasteiger partial charge in [0.1, 0.15) is 12.5 Å². The largest absolute Gasteiger partial charge is 0.345 e. The minimum Gasteiger partial charge on any atom is -0.345 e. The Morgan fingerprint density at radius 3 is 2.62 bits per heavy atom. The van der Waals surface area contributed by atoms with Gasteiger partial charge in [-0.3, -0.25) is 19.6 Å². The lowest BCUT2D eigenvalue weighted by atomic mass is 9.82. The van der Waals surface area contributed by atoms with Crippen LogP contribution >= 0.6 is 23.2 Å². The lowest BCUT2D eigenvalue weighted by Gasteiger charge is -2.31. The number of rotatable bonds is 4. The summed E-state index contributed by atoms with van der Waals surface area (Å²) in [6, 6.07) is 11.1. The van der Waals surface area contributed by atoms with Crippen molar-refractivity contribution in [1.82, 2.24) is 10.2 Å². The van der Waals surface area contributed by atoms with E-state index in [1.807, 2.05) is 41.3 Å². The molecular weight excluding hydrogens is 545 g/mol. The Kier molecular flexibility index (Phi) is 8.72. The van der Waals surface area contributed by atoms with Crippen LogP contribution in [0.15, 0.2) is 70.7 Å². The normalized spacial score (nSPS) is 18.9. The predicted molar refractivity (Wildman–Crippen MR) is 163 cm³/mol. The van der Waals surface area contributed by atoms with Gasteiger partial charge in [-0.1, -0.05) is 72.8 Å². The van der Waals surface area contributed by atoms with E-state index in [0.717, 1.165) is 42.4 Å². The van der Waals surface area contributed by atoms with Crippen LogP contribution in [0.4, 0.5) is 5.69 Å². The molecule has 1 saturated carbocycles. The van der Waals surface area contributed by atoms with Gasteiger partial charge < -0.3 is 15.5 Å². The molecule has 2 amide bonds. The summed E-state index contributed by atoms with van der Waals surface area (Å²) in [7, 11) is 0. The van der Waals surface area contributed by atoms with Gasteiger partial charge >= 0.3 is 0 Å². The number of nitrogens with zero attached hydrogens (tertiary/aromatic N) is 3. The summed E-state index contributed by atoms with van der Waals surface area (Å²) in [4.78, 5) is 37.2. The summed E-state index contributed by atoms with van der Waals surface area (Å²) in [6.45, 7) is 5.08. The van der Waals surface area contributed by atoms with Crippen LogP contribution in [0.1, 0.15) is 48.8 Å². The van der Waals surface area contributed by atoms with Gasteiger partial charge in [-0.15, -0.1) is 0 Å². The van der Waals surface area contributed by atoms with Gasteiger partial charge in [0.15, 0.2) is 0 Å². The zero-order chi connectivity index (χ0) is 28.1. The van der Waals surface area contributed by atoms with Crippen molar-refractivity contribution in [3.63, 3.8) is 0 Å². The van der Waals surface area contributed by atoms with E-state index in [4.69, 9.17) is 28.2 Å². The number of amidine groups is 1. The Hall–Kier alpha value is -3.42. The molecule has 0 aromatic heterocycles. The Morgan fingerprint density at radius 1 is 1.07 bits per heavy atom. The molecule has 1 aliphatic carbocycles. The second-order valence-electron chi connectivity index (χ2n) is 10.7. The van der Waals surface area contributed by atoms with E-state index in [2.05, 4.69) is 22.2 Å². The first-order valence-corrected chi connectivity index (χ1v) is 14.4. The number of anilines is 1. The molecule has 1 fully saturated rings. The van der Waals surface area contributed by atoms with Crippen molar-refractivity contribution in [2.75, 3.05) is 25.1 Å². The van der Waals surface area contributed by atoms with Gasteiger partial charge in [-0.05, 0) is 60.7 Å².